The predicted molar refractivity (Wildman–Crippen MR) is 56.8 cm³/mol. The molecular formula is C10H18N2O4. The number of methoxy groups -OCH3 is 1. The minimum Gasteiger partial charge on any atom is -0.469 e. The fraction of sp³-hybridized carbons (Fsp3) is 0.800. The molecule has 0 aromatic heterocycles. The Balaban J connectivity index is 2.25. The van der Waals surface area contributed by atoms with E-state index in [0.717, 1.165) is 0 Å². The summed E-state index contributed by atoms with van der Waals surface area (Å²) < 4.78 is 9.81. The van der Waals surface area contributed by atoms with Gasteiger partial charge in [0.25, 0.3) is 0 Å². The number of carbonyl (C=O) groups excluding carboxylic acids is 2. The molecule has 2 atom stereocenters. The summed E-state index contributed by atoms with van der Waals surface area (Å²) in [7, 11) is 1.32. The largest absolute Gasteiger partial charge is 0.469 e. The summed E-state index contributed by atoms with van der Waals surface area (Å²) >= 11 is 0. The lowest BCUT2D eigenvalue weighted by Gasteiger charge is -2.29. The van der Waals surface area contributed by atoms with Gasteiger partial charge in [-0.2, -0.15) is 0 Å². The van der Waals surface area contributed by atoms with Crippen molar-refractivity contribution in [1.82, 2.24) is 10.6 Å². The third-order valence-corrected chi connectivity index (χ3v) is 2.45. The van der Waals surface area contributed by atoms with E-state index in [2.05, 4.69) is 15.4 Å². The van der Waals surface area contributed by atoms with Gasteiger partial charge in [-0.3, -0.25) is 9.59 Å². The van der Waals surface area contributed by atoms with Crippen molar-refractivity contribution < 1.29 is 19.1 Å². The smallest absolute Gasteiger partial charge is 0.307 e. The molecule has 1 aliphatic heterocycles. The van der Waals surface area contributed by atoms with Crippen LogP contribution < -0.4 is 10.6 Å². The maximum Gasteiger partial charge on any atom is 0.307 e. The van der Waals surface area contributed by atoms with Crippen LogP contribution in [0.5, 0.6) is 0 Å². The van der Waals surface area contributed by atoms with E-state index < -0.39 is 0 Å². The van der Waals surface area contributed by atoms with Crippen molar-refractivity contribution in [3.8, 4) is 0 Å². The van der Waals surface area contributed by atoms with Gasteiger partial charge < -0.3 is 20.1 Å². The van der Waals surface area contributed by atoms with E-state index in [-0.39, 0.29) is 37.0 Å². The second-order valence-electron chi connectivity index (χ2n) is 3.62. The van der Waals surface area contributed by atoms with Crippen LogP contribution in [0.3, 0.4) is 0 Å². The van der Waals surface area contributed by atoms with Gasteiger partial charge in [0.05, 0.1) is 26.2 Å². The summed E-state index contributed by atoms with van der Waals surface area (Å²) in [5, 5.41) is 5.73. The number of rotatable bonds is 4. The van der Waals surface area contributed by atoms with Crippen molar-refractivity contribution in [3.63, 3.8) is 0 Å². The molecular weight excluding hydrogens is 212 g/mol. The zero-order valence-electron chi connectivity index (χ0n) is 9.62. The van der Waals surface area contributed by atoms with Gasteiger partial charge in [-0.1, -0.05) is 0 Å². The maximum atomic E-state index is 11.7. The summed E-state index contributed by atoms with van der Waals surface area (Å²) in [5.74, 6) is -0.475. The van der Waals surface area contributed by atoms with E-state index >= 15 is 0 Å². The number of morpholine rings is 1. The third kappa shape index (κ3) is 3.79. The second-order valence-corrected chi connectivity index (χ2v) is 3.62. The highest BCUT2D eigenvalue weighted by Crippen LogP contribution is 2.03. The van der Waals surface area contributed by atoms with Crippen LogP contribution >= 0.6 is 0 Å². The lowest BCUT2D eigenvalue weighted by molar-refractivity contribution is -0.140. The molecule has 1 rings (SSSR count). The Hall–Kier alpha value is -1.14. The highest BCUT2D eigenvalue weighted by atomic mass is 16.5. The van der Waals surface area contributed by atoms with Gasteiger partial charge in [-0.15, -0.1) is 0 Å². The van der Waals surface area contributed by atoms with Crippen LogP contribution in [0.4, 0.5) is 0 Å². The van der Waals surface area contributed by atoms with Crippen LogP contribution in [-0.4, -0.2) is 50.8 Å². The molecule has 0 spiro atoms. The average Bonchev–Trinajstić information content (AvgIpc) is 2.29. The molecule has 0 aromatic rings. The number of carbonyl (C=O) groups is 2. The van der Waals surface area contributed by atoms with Crippen molar-refractivity contribution in [1.29, 1.82) is 0 Å². The van der Waals surface area contributed by atoms with Crippen molar-refractivity contribution in [2.45, 2.75) is 25.5 Å². The van der Waals surface area contributed by atoms with E-state index in [9.17, 15) is 9.59 Å². The number of hydrogen-bond donors (Lipinski definition) is 2. The first kappa shape index (κ1) is 12.9. The summed E-state index contributed by atoms with van der Waals surface area (Å²) in [4.78, 5) is 22.5. The first-order valence-corrected chi connectivity index (χ1v) is 5.34. The topological polar surface area (TPSA) is 76.7 Å². The van der Waals surface area contributed by atoms with Crippen LogP contribution in [0.1, 0.15) is 13.3 Å². The molecule has 16 heavy (non-hydrogen) atoms. The van der Waals surface area contributed by atoms with Gasteiger partial charge in [-0.05, 0) is 6.92 Å². The van der Waals surface area contributed by atoms with Gasteiger partial charge in [0, 0.05) is 13.1 Å². The molecule has 0 unspecified atom stereocenters. The molecule has 0 saturated carbocycles. The second kappa shape index (κ2) is 6.44. The molecule has 1 amide bonds. The summed E-state index contributed by atoms with van der Waals surface area (Å²) in [6, 6.07) is -0.341. The molecule has 0 radical (unpaired) electrons. The van der Waals surface area contributed by atoms with Crippen LogP contribution in [0.2, 0.25) is 0 Å². The number of hydrogen-bond acceptors (Lipinski definition) is 5. The Morgan fingerprint density at radius 2 is 2.31 bits per heavy atom. The van der Waals surface area contributed by atoms with E-state index in [1.54, 1.807) is 0 Å². The lowest BCUT2D eigenvalue weighted by atomic mass is 10.1. The maximum absolute atomic E-state index is 11.7. The van der Waals surface area contributed by atoms with Gasteiger partial charge >= 0.3 is 5.97 Å². The minimum atomic E-state index is -0.341. The molecule has 0 bridgehead atoms. The molecule has 6 nitrogen and oxygen atoms in total. The Kier molecular flexibility index (Phi) is 5.21. The molecule has 1 heterocycles. The number of esters is 1. The van der Waals surface area contributed by atoms with Crippen LogP contribution in [0.15, 0.2) is 0 Å². The predicted octanol–water partition coefficient (Wildman–Crippen LogP) is -0.957. The summed E-state index contributed by atoms with van der Waals surface area (Å²) in [5.41, 5.74) is 0. The van der Waals surface area contributed by atoms with Gasteiger partial charge in [-0.25, -0.2) is 0 Å². The highest BCUT2D eigenvalue weighted by molar-refractivity contribution is 5.83. The van der Waals surface area contributed by atoms with E-state index in [1.165, 1.54) is 7.11 Å². The molecule has 6 heteroatoms. The van der Waals surface area contributed by atoms with Gasteiger partial charge in [0.1, 0.15) is 6.04 Å². The first-order chi connectivity index (χ1) is 7.65. The molecule has 0 aromatic carbocycles. The van der Waals surface area contributed by atoms with Gasteiger partial charge in [0.15, 0.2) is 0 Å². The molecule has 1 saturated heterocycles. The van der Waals surface area contributed by atoms with Crippen molar-refractivity contribution >= 4 is 11.9 Å². The van der Waals surface area contributed by atoms with Crippen LogP contribution in [-0.2, 0) is 19.1 Å². The van der Waals surface area contributed by atoms with E-state index in [4.69, 9.17) is 4.74 Å². The molecule has 92 valence electrons. The number of nitrogens with one attached hydrogen (secondary N) is 2. The molecule has 0 aliphatic carbocycles. The Morgan fingerprint density at radius 3 is 2.94 bits per heavy atom. The van der Waals surface area contributed by atoms with Crippen LogP contribution in [0.25, 0.3) is 0 Å². The Bertz CT molecular complexity index is 257. The Morgan fingerprint density at radius 1 is 1.56 bits per heavy atom. The van der Waals surface area contributed by atoms with Crippen molar-refractivity contribution in [2.75, 3.05) is 26.8 Å². The minimum absolute atomic E-state index is 0.142. The normalized spacial score (nSPS) is 24.9. The molecule has 1 aliphatic rings. The molecule has 1 fully saturated rings. The van der Waals surface area contributed by atoms with Crippen molar-refractivity contribution in [3.05, 3.63) is 0 Å². The lowest BCUT2D eigenvalue weighted by Crippen LogP contribution is -2.55. The quantitative estimate of drug-likeness (QED) is 0.608. The zero-order chi connectivity index (χ0) is 12.0. The molecule has 2 N–H and O–H groups in total. The highest BCUT2D eigenvalue weighted by Gasteiger charge is 2.27. The average molecular weight is 230 g/mol. The van der Waals surface area contributed by atoms with Crippen LogP contribution in [0, 0.1) is 0 Å². The van der Waals surface area contributed by atoms with E-state index in [0.29, 0.717) is 13.2 Å². The number of amides is 1. The van der Waals surface area contributed by atoms with E-state index in [1.807, 2.05) is 6.92 Å². The number of ether oxygens (including phenoxy) is 2. The fourth-order valence-corrected chi connectivity index (χ4v) is 1.53. The summed E-state index contributed by atoms with van der Waals surface area (Å²) in [6.07, 6.45) is 0.0383. The Labute approximate surface area is 94.7 Å². The fourth-order valence-electron chi connectivity index (χ4n) is 1.53. The van der Waals surface area contributed by atoms with Gasteiger partial charge in [0.2, 0.25) is 5.91 Å². The SMILES string of the molecule is COC(=O)CCNC(=O)[C@H]1NCCO[C@@H]1C. The first-order valence-electron chi connectivity index (χ1n) is 5.34. The standard InChI is InChI=1S/C10H18N2O4/c1-7-9(11-5-6-16-7)10(14)12-4-3-8(13)15-2/h7,9,11H,3-6H2,1-2H3,(H,12,14)/t7-,9+/m1/s1. The summed E-state index contributed by atoms with van der Waals surface area (Å²) in [6.45, 7) is 3.42. The monoisotopic (exact) mass is 230 g/mol. The third-order valence-electron chi connectivity index (χ3n) is 2.45. The zero-order valence-corrected chi connectivity index (χ0v) is 9.62. The van der Waals surface area contributed by atoms with Crippen molar-refractivity contribution in [2.24, 2.45) is 0 Å².